The Hall–Kier alpha value is -1.82. The molecule has 4 nitrogen and oxygen atoms in total. The molecular weight excluding hydrogens is 339 g/mol. The average Bonchev–Trinajstić information content (AvgIpc) is 3.20. The molecule has 2 amide bonds. The smallest absolute Gasteiger partial charge is 0.283 e. The minimum Gasteiger partial charge on any atom is -0.367 e. The van der Waals surface area contributed by atoms with Crippen LogP contribution in [0.25, 0.3) is 0 Å². The third-order valence-corrected chi connectivity index (χ3v) is 6.18. The number of imide groups is 1. The molecule has 0 atom stereocenters. The maximum absolute atomic E-state index is 13.2. The molecule has 0 radical (unpaired) electrons. The Balaban J connectivity index is 1.97. The van der Waals surface area contributed by atoms with E-state index in [-0.39, 0.29) is 17.6 Å². The predicted molar refractivity (Wildman–Crippen MR) is 98.7 cm³/mol. The molecule has 1 aromatic rings. The van der Waals surface area contributed by atoms with Crippen LogP contribution in [-0.2, 0) is 9.59 Å². The summed E-state index contributed by atoms with van der Waals surface area (Å²) in [5.74, 6) is -0.975. The van der Waals surface area contributed by atoms with Crippen molar-refractivity contribution in [3.8, 4) is 0 Å². The van der Waals surface area contributed by atoms with Crippen LogP contribution < -0.4 is 4.90 Å². The van der Waals surface area contributed by atoms with Crippen molar-refractivity contribution in [2.45, 2.75) is 44.8 Å². The third kappa shape index (κ3) is 3.45. The average molecular weight is 362 g/mol. The van der Waals surface area contributed by atoms with Gasteiger partial charge in [-0.2, -0.15) is 0 Å². The quantitative estimate of drug-likeness (QED) is 0.719. The first kappa shape index (κ1) is 18.0. The lowest BCUT2D eigenvalue weighted by Crippen LogP contribution is -2.35. The summed E-state index contributed by atoms with van der Waals surface area (Å²) in [6.07, 6.45) is 4.51. The SMILES string of the molecule is CCN(CC)C1=C(SC2CCCC2)C(=O)N(c2ccc(F)cc2)C1=O. The van der Waals surface area contributed by atoms with E-state index in [4.69, 9.17) is 0 Å². The molecule has 0 spiro atoms. The van der Waals surface area contributed by atoms with Crippen molar-refractivity contribution in [2.24, 2.45) is 0 Å². The van der Waals surface area contributed by atoms with E-state index in [0.717, 1.165) is 12.8 Å². The monoisotopic (exact) mass is 362 g/mol. The van der Waals surface area contributed by atoms with Crippen LogP contribution in [-0.4, -0.2) is 35.1 Å². The topological polar surface area (TPSA) is 40.6 Å². The van der Waals surface area contributed by atoms with Crippen LogP contribution in [0.1, 0.15) is 39.5 Å². The zero-order valence-corrected chi connectivity index (χ0v) is 15.4. The molecule has 25 heavy (non-hydrogen) atoms. The van der Waals surface area contributed by atoms with Crippen molar-refractivity contribution in [1.29, 1.82) is 0 Å². The largest absolute Gasteiger partial charge is 0.367 e. The van der Waals surface area contributed by atoms with Gasteiger partial charge in [-0.25, -0.2) is 9.29 Å². The number of benzene rings is 1. The van der Waals surface area contributed by atoms with E-state index in [2.05, 4.69) is 0 Å². The van der Waals surface area contributed by atoms with Gasteiger partial charge in [0.1, 0.15) is 16.4 Å². The highest BCUT2D eigenvalue weighted by molar-refractivity contribution is 8.04. The molecule has 6 heteroatoms. The zero-order chi connectivity index (χ0) is 18.0. The van der Waals surface area contributed by atoms with E-state index < -0.39 is 0 Å². The van der Waals surface area contributed by atoms with Crippen molar-refractivity contribution < 1.29 is 14.0 Å². The molecular formula is C19H23FN2O2S. The summed E-state index contributed by atoms with van der Waals surface area (Å²) < 4.78 is 13.2. The van der Waals surface area contributed by atoms with Gasteiger partial charge in [0.05, 0.1) is 5.69 Å². The Bertz CT molecular complexity index is 692. The van der Waals surface area contributed by atoms with Crippen LogP contribution in [0.2, 0.25) is 0 Å². The van der Waals surface area contributed by atoms with Gasteiger partial charge in [-0.3, -0.25) is 9.59 Å². The summed E-state index contributed by atoms with van der Waals surface area (Å²) in [6.45, 7) is 5.28. The van der Waals surface area contributed by atoms with Gasteiger partial charge in [0.25, 0.3) is 11.8 Å². The predicted octanol–water partition coefficient (Wildman–Crippen LogP) is 3.93. The standard InChI is InChI=1S/C19H23FN2O2S/c1-3-21(4-2)16-17(25-15-7-5-6-8-15)19(24)22(18(16)23)14-11-9-13(20)10-12-14/h9-12,15H,3-8H2,1-2H3. The second kappa shape index (κ2) is 7.60. The molecule has 1 aromatic carbocycles. The molecule has 0 aromatic heterocycles. The fourth-order valence-corrected chi connectivity index (χ4v) is 4.84. The van der Waals surface area contributed by atoms with Gasteiger partial charge in [0.2, 0.25) is 0 Å². The number of anilines is 1. The molecule has 0 N–H and O–H groups in total. The van der Waals surface area contributed by atoms with E-state index in [1.807, 2.05) is 18.7 Å². The molecule has 0 saturated heterocycles. The Labute approximate surface area is 152 Å². The highest BCUT2D eigenvalue weighted by Gasteiger charge is 2.42. The lowest BCUT2D eigenvalue weighted by atomic mass is 10.3. The van der Waals surface area contributed by atoms with E-state index in [0.29, 0.717) is 34.6 Å². The second-order valence-corrected chi connectivity index (χ2v) is 7.61. The highest BCUT2D eigenvalue weighted by atomic mass is 32.2. The van der Waals surface area contributed by atoms with E-state index in [9.17, 15) is 14.0 Å². The number of thioether (sulfide) groups is 1. The van der Waals surface area contributed by atoms with Crippen molar-refractivity contribution in [3.05, 3.63) is 40.7 Å². The summed E-state index contributed by atoms with van der Waals surface area (Å²) in [5, 5.41) is 0.394. The van der Waals surface area contributed by atoms with Crippen LogP contribution in [0.5, 0.6) is 0 Å². The molecule has 1 aliphatic heterocycles. The van der Waals surface area contributed by atoms with Gasteiger partial charge >= 0.3 is 0 Å². The summed E-state index contributed by atoms with van der Waals surface area (Å²) in [5.41, 5.74) is 0.916. The summed E-state index contributed by atoms with van der Waals surface area (Å²) in [7, 11) is 0. The molecule has 0 bridgehead atoms. The minimum absolute atomic E-state index is 0.282. The molecule has 3 rings (SSSR count). The molecule has 1 saturated carbocycles. The molecule has 1 aliphatic carbocycles. The first-order chi connectivity index (χ1) is 12.1. The van der Waals surface area contributed by atoms with Crippen molar-refractivity contribution in [1.82, 2.24) is 4.90 Å². The van der Waals surface area contributed by atoms with Crippen LogP contribution in [0.4, 0.5) is 10.1 Å². The van der Waals surface area contributed by atoms with E-state index in [1.165, 1.54) is 42.0 Å². The number of likely N-dealkylation sites (N-methyl/N-ethyl adjacent to an activating group) is 1. The highest BCUT2D eigenvalue weighted by Crippen LogP contribution is 2.41. The van der Waals surface area contributed by atoms with Gasteiger partial charge < -0.3 is 4.90 Å². The Morgan fingerprint density at radius 3 is 2.24 bits per heavy atom. The first-order valence-electron chi connectivity index (χ1n) is 8.87. The summed E-state index contributed by atoms with van der Waals surface area (Å²) >= 11 is 1.55. The third-order valence-electron chi connectivity index (χ3n) is 4.77. The Morgan fingerprint density at radius 2 is 1.68 bits per heavy atom. The number of carbonyl (C=O) groups excluding carboxylic acids is 2. The second-order valence-electron chi connectivity index (χ2n) is 6.30. The van der Waals surface area contributed by atoms with Crippen molar-refractivity contribution >= 4 is 29.3 Å². The zero-order valence-electron chi connectivity index (χ0n) is 14.6. The molecule has 1 heterocycles. The maximum atomic E-state index is 13.2. The molecule has 1 fully saturated rings. The minimum atomic E-state index is -0.389. The Kier molecular flexibility index (Phi) is 5.47. The van der Waals surface area contributed by atoms with Crippen molar-refractivity contribution in [2.75, 3.05) is 18.0 Å². The number of amides is 2. The van der Waals surface area contributed by atoms with Crippen LogP contribution >= 0.6 is 11.8 Å². The molecule has 2 aliphatic rings. The lowest BCUT2D eigenvalue weighted by Gasteiger charge is -2.23. The maximum Gasteiger partial charge on any atom is 0.283 e. The number of hydrogen-bond acceptors (Lipinski definition) is 4. The molecule has 0 unspecified atom stereocenters. The van der Waals surface area contributed by atoms with Gasteiger partial charge in [0.15, 0.2) is 0 Å². The normalized spacial score (nSPS) is 18.6. The number of hydrogen-bond donors (Lipinski definition) is 0. The van der Waals surface area contributed by atoms with Gasteiger partial charge in [-0.15, -0.1) is 11.8 Å². The van der Waals surface area contributed by atoms with Gasteiger partial charge in [-0.1, -0.05) is 12.8 Å². The number of rotatable bonds is 6. The van der Waals surface area contributed by atoms with Crippen LogP contribution in [0, 0.1) is 5.82 Å². The summed E-state index contributed by atoms with van der Waals surface area (Å²) in [4.78, 5) is 29.8. The van der Waals surface area contributed by atoms with Gasteiger partial charge in [0, 0.05) is 18.3 Å². The first-order valence-corrected chi connectivity index (χ1v) is 9.75. The van der Waals surface area contributed by atoms with Gasteiger partial charge in [-0.05, 0) is 51.0 Å². The fraction of sp³-hybridized carbons (Fsp3) is 0.474. The van der Waals surface area contributed by atoms with Crippen molar-refractivity contribution in [3.63, 3.8) is 0 Å². The number of nitrogens with zero attached hydrogens (tertiary/aromatic N) is 2. The molecule has 134 valence electrons. The van der Waals surface area contributed by atoms with Crippen LogP contribution in [0.15, 0.2) is 34.9 Å². The number of halogens is 1. The lowest BCUT2D eigenvalue weighted by molar-refractivity contribution is -0.121. The van der Waals surface area contributed by atoms with E-state index >= 15 is 0 Å². The summed E-state index contributed by atoms with van der Waals surface area (Å²) in [6, 6.07) is 5.51. The Morgan fingerprint density at radius 1 is 1.08 bits per heavy atom. The van der Waals surface area contributed by atoms with E-state index in [1.54, 1.807) is 11.8 Å². The van der Waals surface area contributed by atoms with Crippen LogP contribution in [0.3, 0.4) is 0 Å². The number of carbonyl (C=O) groups is 2. The fourth-order valence-electron chi connectivity index (χ4n) is 3.42.